The minimum atomic E-state index is -0.318. The van der Waals surface area contributed by atoms with E-state index in [4.69, 9.17) is 5.73 Å². The summed E-state index contributed by atoms with van der Waals surface area (Å²) in [6, 6.07) is 4.53. The summed E-state index contributed by atoms with van der Waals surface area (Å²) in [4.78, 5) is 13.3. The van der Waals surface area contributed by atoms with Crippen LogP contribution in [-0.4, -0.2) is 37.0 Å². The lowest BCUT2D eigenvalue weighted by atomic mass is 10.1. The van der Waals surface area contributed by atoms with E-state index in [1.807, 2.05) is 4.90 Å². The van der Waals surface area contributed by atoms with Crippen molar-refractivity contribution >= 4 is 5.91 Å². The molecule has 5 heteroatoms. The summed E-state index contributed by atoms with van der Waals surface area (Å²) >= 11 is 0. The third kappa shape index (κ3) is 3.78. The number of hydrogen-bond acceptors (Lipinski definition) is 3. The molecule has 1 heterocycles. The second-order valence-corrected chi connectivity index (χ2v) is 4.37. The molecule has 1 aromatic carbocycles. The quantitative estimate of drug-likeness (QED) is 0.741. The number of amides is 1. The number of carbonyl (C=O) groups excluding carboxylic acids is 1. The third-order valence-corrected chi connectivity index (χ3v) is 2.91. The molecule has 0 spiro atoms. The van der Waals surface area contributed by atoms with Crippen molar-refractivity contribution in [2.24, 2.45) is 5.73 Å². The van der Waals surface area contributed by atoms with E-state index in [9.17, 15) is 9.18 Å². The third-order valence-electron chi connectivity index (χ3n) is 2.91. The van der Waals surface area contributed by atoms with E-state index in [1.54, 1.807) is 6.07 Å². The number of benzene rings is 1. The van der Waals surface area contributed by atoms with Gasteiger partial charge in [0, 0.05) is 25.2 Å². The van der Waals surface area contributed by atoms with Crippen LogP contribution in [0, 0.1) is 17.7 Å². The summed E-state index contributed by atoms with van der Waals surface area (Å²) in [5, 5.41) is 2.77. The predicted octanol–water partition coefficient (Wildman–Crippen LogP) is 0.0677. The summed E-state index contributed by atoms with van der Waals surface area (Å²) < 4.78 is 13.2. The van der Waals surface area contributed by atoms with Crippen LogP contribution >= 0.6 is 0 Å². The lowest BCUT2D eigenvalue weighted by Gasteiger charge is -2.26. The maximum atomic E-state index is 13.2. The Morgan fingerprint density at radius 2 is 2.32 bits per heavy atom. The average molecular weight is 261 g/mol. The van der Waals surface area contributed by atoms with Crippen LogP contribution in [0.15, 0.2) is 18.2 Å². The van der Waals surface area contributed by atoms with Crippen molar-refractivity contribution in [1.29, 1.82) is 0 Å². The number of hydrogen-bond donors (Lipinski definition) is 2. The SMILES string of the molecule is NCC#Cc1cc(F)ccc1CN1CCNC(=O)C1. The van der Waals surface area contributed by atoms with E-state index in [0.29, 0.717) is 25.2 Å². The second kappa shape index (κ2) is 6.32. The van der Waals surface area contributed by atoms with Gasteiger partial charge in [0.1, 0.15) is 5.82 Å². The first kappa shape index (κ1) is 13.5. The van der Waals surface area contributed by atoms with Gasteiger partial charge in [-0.15, -0.1) is 0 Å². The van der Waals surface area contributed by atoms with Crippen molar-refractivity contribution in [3.63, 3.8) is 0 Å². The highest BCUT2D eigenvalue weighted by Gasteiger charge is 2.17. The number of halogens is 1. The number of carbonyl (C=O) groups is 1. The van der Waals surface area contributed by atoms with Gasteiger partial charge in [0.15, 0.2) is 0 Å². The fourth-order valence-electron chi connectivity index (χ4n) is 2.02. The maximum absolute atomic E-state index is 13.2. The first-order valence-electron chi connectivity index (χ1n) is 6.15. The normalized spacial score (nSPS) is 15.6. The lowest BCUT2D eigenvalue weighted by Crippen LogP contribution is -2.47. The van der Waals surface area contributed by atoms with Crippen LogP contribution in [0.4, 0.5) is 4.39 Å². The lowest BCUT2D eigenvalue weighted by molar-refractivity contribution is -0.124. The molecule has 0 radical (unpaired) electrons. The van der Waals surface area contributed by atoms with Gasteiger partial charge < -0.3 is 11.1 Å². The zero-order valence-corrected chi connectivity index (χ0v) is 10.6. The molecular weight excluding hydrogens is 245 g/mol. The van der Waals surface area contributed by atoms with E-state index in [1.165, 1.54) is 12.1 Å². The van der Waals surface area contributed by atoms with Gasteiger partial charge in [-0.3, -0.25) is 9.69 Å². The molecule has 1 fully saturated rings. The zero-order valence-electron chi connectivity index (χ0n) is 10.6. The molecule has 0 bridgehead atoms. The topological polar surface area (TPSA) is 58.4 Å². The molecule has 0 saturated carbocycles. The van der Waals surface area contributed by atoms with E-state index >= 15 is 0 Å². The van der Waals surface area contributed by atoms with Gasteiger partial charge in [-0.25, -0.2) is 4.39 Å². The van der Waals surface area contributed by atoms with E-state index < -0.39 is 0 Å². The Morgan fingerprint density at radius 3 is 3.05 bits per heavy atom. The Hall–Kier alpha value is -1.90. The first-order chi connectivity index (χ1) is 9.19. The first-order valence-corrected chi connectivity index (χ1v) is 6.15. The number of nitrogens with two attached hydrogens (primary N) is 1. The number of nitrogens with one attached hydrogen (secondary N) is 1. The van der Waals surface area contributed by atoms with Gasteiger partial charge in [0.2, 0.25) is 5.91 Å². The molecule has 2 rings (SSSR count). The smallest absolute Gasteiger partial charge is 0.234 e. The minimum absolute atomic E-state index is 0.0166. The fraction of sp³-hybridized carbons (Fsp3) is 0.357. The van der Waals surface area contributed by atoms with Crippen LogP contribution in [0.25, 0.3) is 0 Å². The van der Waals surface area contributed by atoms with Crippen LogP contribution in [0.1, 0.15) is 11.1 Å². The van der Waals surface area contributed by atoms with E-state index in [-0.39, 0.29) is 18.3 Å². The molecule has 0 unspecified atom stereocenters. The molecule has 1 saturated heterocycles. The van der Waals surface area contributed by atoms with Gasteiger partial charge in [-0.1, -0.05) is 17.9 Å². The number of rotatable bonds is 2. The van der Waals surface area contributed by atoms with E-state index in [0.717, 1.165) is 12.1 Å². The van der Waals surface area contributed by atoms with Crippen molar-refractivity contribution in [1.82, 2.24) is 10.2 Å². The maximum Gasteiger partial charge on any atom is 0.234 e. The van der Waals surface area contributed by atoms with Crippen LogP contribution in [0.5, 0.6) is 0 Å². The standard InChI is InChI=1S/C14H16FN3O/c15-13-4-3-12(11(8-13)2-1-5-16)9-18-7-6-17-14(19)10-18/h3-4,8H,5-7,9-10,16H2,(H,17,19). The molecule has 1 aliphatic rings. The molecule has 19 heavy (non-hydrogen) atoms. The molecule has 3 N–H and O–H groups in total. The van der Waals surface area contributed by atoms with Crippen LogP contribution in [0.2, 0.25) is 0 Å². The summed E-state index contributed by atoms with van der Waals surface area (Å²) in [6.07, 6.45) is 0. The Kier molecular flexibility index (Phi) is 4.50. The van der Waals surface area contributed by atoms with Crippen molar-refractivity contribution in [3.05, 3.63) is 35.1 Å². The largest absolute Gasteiger partial charge is 0.354 e. The average Bonchev–Trinajstić information content (AvgIpc) is 2.39. The Morgan fingerprint density at radius 1 is 1.47 bits per heavy atom. The Labute approximate surface area is 111 Å². The predicted molar refractivity (Wildman–Crippen MR) is 70.6 cm³/mol. The zero-order chi connectivity index (χ0) is 13.7. The monoisotopic (exact) mass is 261 g/mol. The summed E-state index contributed by atoms with van der Waals surface area (Å²) in [5.41, 5.74) is 6.89. The molecule has 1 aromatic rings. The van der Waals surface area contributed by atoms with Crippen molar-refractivity contribution in [3.8, 4) is 11.8 Å². The molecule has 0 atom stereocenters. The van der Waals surface area contributed by atoms with Crippen molar-refractivity contribution in [2.45, 2.75) is 6.54 Å². The molecular formula is C14H16FN3O. The van der Waals surface area contributed by atoms with Gasteiger partial charge in [-0.2, -0.15) is 0 Å². The molecule has 4 nitrogen and oxygen atoms in total. The van der Waals surface area contributed by atoms with Crippen molar-refractivity contribution < 1.29 is 9.18 Å². The van der Waals surface area contributed by atoms with Gasteiger partial charge >= 0.3 is 0 Å². The van der Waals surface area contributed by atoms with Gasteiger partial charge in [0.25, 0.3) is 0 Å². The Balaban J connectivity index is 2.16. The van der Waals surface area contributed by atoms with Crippen LogP contribution < -0.4 is 11.1 Å². The molecule has 1 aliphatic heterocycles. The van der Waals surface area contributed by atoms with Gasteiger partial charge in [0.05, 0.1) is 13.1 Å². The fourth-order valence-corrected chi connectivity index (χ4v) is 2.02. The number of piperazine rings is 1. The summed E-state index contributed by atoms with van der Waals surface area (Å²) in [5.74, 6) is 5.30. The van der Waals surface area contributed by atoms with Crippen molar-refractivity contribution in [2.75, 3.05) is 26.2 Å². The van der Waals surface area contributed by atoms with Gasteiger partial charge in [-0.05, 0) is 17.7 Å². The molecule has 0 aromatic heterocycles. The highest BCUT2D eigenvalue weighted by molar-refractivity contribution is 5.78. The summed E-state index contributed by atoms with van der Waals surface area (Å²) in [6.45, 7) is 2.61. The summed E-state index contributed by atoms with van der Waals surface area (Å²) in [7, 11) is 0. The van der Waals surface area contributed by atoms with Crippen LogP contribution in [-0.2, 0) is 11.3 Å². The molecule has 100 valence electrons. The Bertz CT molecular complexity index is 533. The second-order valence-electron chi connectivity index (χ2n) is 4.37. The highest BCUT2D eigenvalue weighted by atomic mass is 19.1. The van der Waals surface area contributed by atoms with E-state index in [2.05, 4.69) is 17.2 Å². The number of nitrogens with zero attached hydrogens (tertiary/aromatic N) is 1. The molecule has 1 amide bonds. The molecule has 0 aliphatic carbocycles. The highest BCUT2D eigenvalue weighted by Crippen LogP contribution is 2.13. The minimum Gasteiger partial charge on any atom is -0.354 e. The van der Waals surface area contributed by atoms with Crippen LogP contribution in [0.3, 0.4) is 0 Å².